The minimum Gasteiger partial charge on any atom is -0.481 e. The summed E-state index contributed by atoms with van der Waals surface area (Å²) in [6.07, 6.45) is 1.02. The molecule has 0 radical (unpaired) electrons. The van der Waals surface area contributed by atoms with E-state index in [0.717, 1.165) is 0 Å². The maximum Gasteiger partial charge on any atom is 0.333 e. The highest BCUT2D eigenvalue weighted by atomic mass is 16.6. The van der Waals surface area contributed by atoms with Crippen molar-refractivity contribution in [3.63, 3.8) is 0 Å². The lowest BCUT2D eigenvalue weighted by atomic mass is 9.99. The first-order chi connectivity index (χ1) is 17.3. The third kappa shape index (κ3) is 37.8. The van der Waals surface area contributed by atoms with Crippen molar-refractivity contribution in [3.05, 3.63) is 24.3 Å². The Bertz CT molecular complexity index is 665. The quantitative estimate of drug-likeness (QED) is 0.162. The molecule has 0 bridgehead atoms. The molecule has 10 nitrogen and oxygen atoms in total. The Morgan fingerprint density at radius 1 is 0.605 bits per heavy atom. The minimum absolute atomic E-state index is 0.0628. The van der Waals surface area contributed by atoms with Gasteiger partial charge in [-0.25, -0.2) is 9.59 Å². The van der Waals surface area contributed by atoms with E-state index in [1.807, 2.05) is 0 Å². The Kier molecular flexibility index (Phi) is 23.3. The summed E-state index contributed by atoms with van der Waals surface area (Å²) in [4.78, 5) is 41.6. The number of carboxylic acid groups (broad SMARTS) is 2. The van der Waals surface area contributed by atoms with E-state index in [2.05, 4.69) is 54.7 Å². The van der Waals surface area contributed by atoms with Gasteiger partial charge in [-0.2, -0.15) is 0 Å². The largest absolute Gasteiger partial charge is 0.481 e. The first-order valence-electron chi connectivity index (χ1n) is 12.5. The first-order valence-corrected chi connectivity index (χ1v) is 12.5. The van der Waals surface area contributed by atoms with Crippen LogP contribution in [0.25, 0.3) is 0 Å². The number of carbonyl (C=O) groups is 4. The van der Waals surface area contributed by atoms with Crippen LogP contribution < -0.4 is 0 Å². The molecule has 0 aliphatic carbocycles. The van der Waals surface area contributed by atoms with Crippen molar-refractivity contribution in [2.24, 2.45) is 10.8 Å². The number of hydrogen-bond donors (Lipinski definition) is 2. The molecule has 0 amide bonds. The molecule has 0 aliphatic rings. The summed E-state index contributed by atoms with van der Waals surface area (Å²) < 4.78 is 20.4. The van der Waals surface area contributed by atoms with Crippen molar-refractivity contribution < 1.29 is 48.3 Å². The molecule has 222 valence electrons. The molecule has 10 heteroatoms. The van der Waals surface area contributed by atoms with Gasteiger partial charge >= 0.3 is 23.9 Å². The van der Waals surface area contributed by atoms with Gasteiger partial charge < -0.3 is 29.2 Å². The maximum absolute atomic E-state index is 10.9. The molecular formula is C28H50O10. The predicted molar refractivity (Wildman–Crippen MR) is 146 cm³/mol. The van der Waals surface area contributed by atoms with Crippen LogP contribution in [0.4, 0.5) is 0 Å². The fourth-order valence-corrected chi connectivity index (χ4v) is 1.94. The average Bonchev–Trinajstić information content (AvgIpc) is 2.75. The van der Waals surface area contributed by atoms with Crippen molar-refractivity contribution in [2.45, 2.75) is 81.1 Å². The van der Waals surface area contributed by atoms with Crippen LogP contribution in [0.15, 0.2) is 24.3 Å². The van der Waals surface area contributed by atoms with Gasteiger partial charge in [0.15, 0.2) is 0 Å². The summed E-state index contributed by atoms with van der Waals surface area (Å²) in [6.45, 7) is 25.5. The zero-order valence-electron chi connectivity index (χ0n) is 24.6. The second kappa shape index (κ2) is 22.3. The van der Waals surface area contributed by atoms with Gasteiger partial charge in [0.05, 0.1) is 26.4 Å². The lowest BCUT2D eigenvalue weighted by Crippen LogP contribution is -2.18. The average molecular weight is 547 g/mol. The number of ether oxygens (including phenoxy) is 4. The van der Waals surface area contributed by atoms with Crippen LogP contribution in [0, 0.1) is 10.8 Å². The predicted octanol–water partition coefficient (Wildman–Crippen LogP) is 5.05. The van der Waals surface area contributed by atoms with Crippen LogP contribution in [0.1, 0.15) is 81.1 Å². The standard InChI is InChI=1S/2C11H20O3.C6H10O4/c2*1-9(2)10(12)14-7-6-13-8-11(3,4)5;7-5(8)3-1-2-4-6(9)10/h2*1,6-8H2,2-5H3;1-4H2,(H,7,8)(H,9,10). The first kappa shape index (κ1) is 39.8. The van der Waals surface area contributed by atoms with Crippen molar-refractivity contribution in [1.29, 1.82) is 0 Å². The zero-order valence-corrected chi connectivity index (χ0v) is 24.6. The maximum atomic E-state index is 10.9. The lowest BCUT2D eigenvalue weighted by molar-refractivity contribution is -0.141. The second-order valence-corrected chi connectivity index (χ2v) is 11.1. The molecule has 0 aliphatic heterocycles. The summed E-state index contributed by atoms with van der Waals surface area (Å²) >= 11 is 0. The van der Waals surface area contributed by atoms with E-state index in [1.165, 1.54) is 0 Å². The molecule has 38 heavy (non-hydrogen) atoms. The molecule has 0 spiro atoms. The van der Waals surface area contributed by atoms with E-state index in [-0.39, 0.29) is 35.6 Å². The smallest absolute Gasteiger partial charge is 0.333 e. The van der Waals surface area contributed by atoms with E-state index in [9.17, 15) is 19.2 Å². The van der Waals surface area contributed by atoms with E-state index >= 15 is 0 Å². The molecule has 0 aromatic rings. The molecule has 0 fully saturated rings. The van der Waals surface area contributed by atoms with Crippen LogP contribution in [0.2, 0.25) is 0 Å². The van der Waals surface area contributed by atoms with Gasteiger partial charge in [0.1, 0.15) is 13.2 Å². The topological polar surface area (TPSA) is 146 Å². The minimum atomic E-state index is -0.870. The molecule has 0 saturated heterocycles. The van der Waals surface area contributed by atoms with Crippen LogP contribution >= 0.6 is 0 Å². The molecule has 0 atom stereocenters. The SMILES string of the molecule is C=C(C)C(=O)OCCOCC(C)(C)C.C=C(C)C(=O)OCCOCC(C)(C)C.O=C(O)CCCCC(=O)O. The van der Waals surface area contributed by atoms with E-state index in [4.69, 9.17) is 29.2 Å². The summed E-state index contributed by atoms with van der Waals surface area (Å²) in [5.41, 5.74) is 1.14. The Morgan fingerprint density at radius 3 is 1.11 bits per heavy atom. The van der Waals surface area contributed by atoms with E-state index in [0.29, 0.717) is 63.6 Å². The van der Waals surface area contributed by atoms with Crippen LogP contribution in [0.3, 0.4) is 0 Å². The fraction of sp³-hybridized carbons (Fsp3) is 0.714. The third-order valence-corrected chi connectivity index (χ3v) is 3.72. The van der Waals surface area contributed by atoms with Gasteiger partial charge in [-0.1, -0.05) is 54.7 Å². The second-order valence-electron chi connectivity index (χ2n) is 11.1. The number of carboxylic acids is 2. The number of hydrogen-bond acceptors (Lipinski definition) is 8. The molecule has 0 aromatic heterocycles. The summed E-state index contributed by atoms with van der Waals surface area (Å²) in [6, 6.07) is 0. The Labute approximate surface area is 228 Å². The van der Waals surface area contributed by atoms with Gasteiger partial charge in [0.25, 0.3) is 0 Å². The van der Waals surface area contributed by atoms with Gasteiger partial charge in [-0.15, -0.1) is 0 Å². The molecule has 0 heterocycles. The molecule has 0 aromatic carbocycles. The van der Waals surface area contributed by atoms with Crippen LogP contribution in [-0.4, -0.2) is 73.7 Å². The van der Waals surface area contributed by atoms with Gasteiger partial charge in [-0.3, -0.25) is 9.59 Å². The Morgan fingerprint density at radius 2 is 0.895 bits per heavy atom. The van der Waals surface area contributed by atoms with Gasteiger partial charge in [0.2, 0.25) is 0 Å². The van der Waals surface area contributed by atoms with Crippen molar-refractivity contribution in [2.75, 3.05) is 39.6 Å². The monoisotopic (exact) mass is 546 g/mol. The normalized spacial score (nSPS) is 10.6. The summed E-state index contributed by atoms with van der Waals surface area (Å²) in [5, 5.41) is 16.3. The van der Waals surface area contributed by atoms with Crippen molar-refractivity contribution in [3.8, 4) is 0 Å². The van der Waals surface area contributed by atoms with E-state index < -0.39 is 11.9 Å². The number of esters is 2. The third-order valence-electron chi connectivity index (χ3n) is 3.72. The molecule has 0 saturated carbocycles. The summed E-state index contributed by atoms with van der Waals surface area (Å²) in [7, 11) is 0. The zero-order chi connectivity index (χ0) is 30.4. The highest BCUT2D eigenvalue weighted by Gasteiger charge is 2.11. The number of carbonyl (C=O) groups excluding carboxylic acids is 2. The Balaban J connectivity index is -0.000000492. The van der Waals surface area contributed by atoms with Gasteiger partial charge in [0, 0.05) is 24.0 Å². The lowest BCUT2D eigenvalue weighted by Gasteiger charge is -2.17. The molecule has 0 rings (SSSR count). The number of unbranched alkanes of at least 4 members (excludes halogenated alkanes) is 1. The summed E-state index contributed by atoms with van der Waals surface area (Å²) in [5.74, 6) is -2.45. The molecule has 0 unspecified atom stereocenters. The van der Waals surface area contributed by atoms with Crippen molar-refractivity contribution >= 4 is 23.9 Å². The van der Waals surface area contributed by atoms with Crippen LogP contribution in [-0.2, 0) is 38.1 Å². The highest BCUT2D eigenvalue weighted by molar-refractivity contribution is 5.87. The highest BCUT2D eigenvalue weighted by Crippen LogP contribution is 2.13. The van der Waals surface area contributed by atoms with Crippen LogP contribution in [0.5, 0.6) is 0 Å². The molecular weight excluding hydrogens is 496 g/mol. The Hall–Kier alpha value is -2.72. The van der Waals surface area contributed by atoms with Crippen molar-refractivity contribution in [1.82, 2.24) is 0 Å². The fourth-order valence-electron chi connectivity index (χ4n) is 1.94. The van der Waals surface area contributed by atoms with Gasteiger partial charge in [-0.05, 0) is 37.5 Å². The van der Waals surface area contributed by atoms with E-state index in [1.54, 1.807) is 13.8 Å². The number of aliphatic carboxylic acids is 2. The molecule has 2 N–H and O–H groups in total. The number of rotatable bonds is 15.